The van der Waals surface area contributed by atoms with Crippen LogP contribution in [-0.4, -0.2) is 46.1 Å². The summed E-state index contributed by atoms with van der Waals surface area (Å²) in [5.74, 6) is -0.181. The van der Waals surface area contributed by atoms with E-state index in [0.717, 1.165) is 25.9 Å². The molecule has 0 radical (unpaired) electrons. The summed E-state index contributed by atoms with van der Waals surface area (Å²) in [5.41, 5.74) is 6.52. The summed E-state index contributed by atoms with van der Waals surface area (Å²) in [6.07, 6.45) is 6.95. The molecule has 1 aliphatic rings. The molecule has 1 aromatic heterocycles. The van der Waals surface area contributed by atoms with Gasteiger partial charge in [-0.1, -0.05) is 0 Å². The van der Waals surface area contributed by atoms with Crippen LogP contribution in [0, 0.1) is 0 Å². The Labute approximate surface area is 124 Å². The number of hydrogen-bond donors (Lipinski definition) is 2. The van der Waals surface area contributed by atoms with Crippen molar-refractivity contribution in [3.63, 3.8) is 0 Å². The van der Waals surface area contributed by atoms with Crippen molar-refractivity contribution in [3.05, 3.63) is 18.0 Å². The smallest absolute Gasteiger partial charge is 0.241 e. The van der Waals surface area contributed by atoms with Crippen molar-refractivity contribution in [3.8, 4) is 0 Å². The number of piperidine rings is 1. The number of carbonyl (C=O) groups is 2. The van der Waals surface area contributed by atoms with E-state index in [1.165, 1.54) is 6.42 Å². The molecule has 21 heavy (non-hydrogen) atoms. The molecule has 7 heteroatoms. The average Bonchev–Trinajstić information content (AvgIpc) is 2.93. The fraction of sp³-hybridized carbons (Fsp3) is 0.643. The summed E-state index contributed by atoms with van der Waals surface area (Å²) in [6, 6.07) is -0.746. The largest absolute Gasteiger partial charge is 0.354 e. The molecule has 0 aromatic carbocycles. The third-order valence-corrected chi connectivity index (χ3v) is 3.71. The molecule has 1 aromatic rings. The summed E-state index contributed by atoms with van der Waals surface area (Å²) in [5, 5.41) is 6.70. The van der Waals surface area contributed by atoms with Gasteiger partial charge in [-0.05, 0) is 19.3 Å². The molecular formula is C14H23N5O2. The molecule has 2 amide bonds. The number of likely N-dealkylation sites (tertiary alicyclic amines) is 1. The first-order valence-electron chi connectivity index (χ1n) is 7.37. The first kappa shape index (κ1) is 15.5. The van der Waals surface area contributed by atoms with Gasteiger partial charge in [-0.2, -0.15) is 5.10 Å². The third-order valence-electron chi connectivity index (χ3n) is 3.71. The number of nitrogens with two attached hydrogens (primary N) is 1. The van der Waals surface area contributed by atoms with E-state index < -0.39 is 6.04 Å². The molecule has 0 spiro atoms. The second-order valence-corrected chi connectivity index (χ2v) is 5.41. The predicted molar refractivity (Wildman–Crippen MR) is 78.2 cm³/mol. The lowest BCUT2D eigenvalue weighted by molar-refractivity contribution is -0.132. The summed E-state index contributed by atoms with van der Waals surface area (Å²) in [7, 11) is 1.77. The predicted octanol–water partition coefficient (Wildman–Crippen LogP) is -0.0613. The van der Waals surface area contributed by atoms with E-state index in [1.54, 1.807) is 24.1 Å². The van der Waals surface area contributed by atoms with Crippen LogP contribution in [0.2, 0.25) is 0 Å². The van der Waals surface area contributed by atoms with Crippen molar-refractivity contribution >= 4 is 11.8 Å². The fourth-order valence-corrected chi connectivity index (χ4v) is 2.46. The number of hydrogen-bond acceptors (Lipinski definition) is 4. The van der Waals surface area contributed by atoms with Crippen LogP contribution in [0.3, 0.4) is 0 Å². The van der Waals surface area contributed by atoms with Gasteiger partial charge < -0.3 is 16.0 Å². The lowest BCUT2D eigenvalue weighted by atomic mass is 10.1. The Morgan fingerprint density at radius 3 is 2.71 bits per heavy atom. The molecular weight excluding hydrogens is 270 g/mol. The Bertz CT molecular complexity index is 493. The minimum atomic E-state index is -0.746. The van der Waals surface area contributed by atoms with E-state index in [-0.39, 0.29) is 11.8 Å². The van der Waals surface area contributed by atoms with Crippen LogP contribution in [0.15, 0.2) is 12.4 Å². The highest BCUT2D eigenvalue weighted by Crippen LogP contribution is 2.10. The van der Waals surface area contributed by atoms with E-state index in [1.807, 2.05) is 4.90 Å². The van der Waals surface area contributed by atoms with Gasteiger partial charge in [0, 0.05) is 44.9 Å². The van der Waals surface area contributed by atoms with Crippen molar-refractivity contribution in [1.29, 1.82) is 0 Å². The van der Waals surface area contributed by atoms with Gasteiger partial charge in [0.2, 0.25) is 11.8 Å². The minimum absolute atomic E-state index is 0.102. The van der Waals surface area contributed by atoms with Gasteiger partial charge in [0.15, 0.2) is 0 Å². The van der Waals surface area contributed by atoms with Gasteiger partial charge in [-0.3, -0.25) is 14.3 Å². The molecule has 0 aliphatic carbocycles. The quantitative estimate of drug-likeness (QED) is 0.795. The molecule has 2 heterocycles. The summed E-state index contributed by atoms with van der Waals surface area (Å²) >= 11 is 0. The van der Waals surface area contributed by atoms with Gasteiger partial charge >= 0.3 is 0 Å². The molecule has 0 saturated carbocycles. The van der Waals surface area contributed by atoms with Gasteiger partial charge in [-0.15, -0.1) is 0 Å². The number of rotatable bonds is 5. The third kappa shape index (κ3) is 4.29. The maximum Gasteiger partial charge on any atom is 0.241 e. The van der Waals surface area contributed by atoms with Crippen molar-refractivity contribution in [2.24, 2.45) is 12.8 Å². The summed E-state index contributed by atoms with van der Waals surface area (Å²) in [6.45, 7) is 1.99. The molecule has 1 aliphatic heterocycles. The van der Waals surface area contributed by atoms with Crippen LogP contribution < -0.4 is 11.1 Å². The molecule has 1 saturated heterocycles. The molecule has 0 bridgehead atoms. The van der Waals surface area contributed by atoms with Crippen LogP contribution in [0.1, 0.15) is 37.3 Å². The lowest BCUT2D eigenvalue weighted by Crippen LogP contribution is -2.39. The fourth-order valence-electron chi connectivity index (χ4n) is 2.46. The Morgan fingerprint density at radius 2 is 2.10 bits per heavy atom. The van der Waals surface area contributed by atoms with E-state index in [0.29, 0.717) is 18.5 Å². The Balaban J connectivity index is 1.72. The zero-order valence-electron chi connectivity index (χ0n) is 12.4. The van der Waals surface area contributed by atoms with Crippen LogP contribution in [0.4, 0.5) is 0 Å². The van der Waals surface area contributed by atoms with E-state index >= 15 is 0 Å². The highest BCUT2D eigenvalue weighted by Gasteiger charge is 2.19. The molecule has 1 atom stereocenters. The number of nitrogens with zero attached hydrogens (tertiary/aromatic N) is 3. The van der Waals surface area contributed by atoms with E-state index in [2.05, 4.69) is 10.4 Å². The zero-order valence-corrected chi connectivity index (χ0v) is 12.4. The Morgan fingerprint density at radius 1 is 1.38 bits per heavy atom. The normalized spacial score (nSPS) is 16.6. The van der Waals surface area contributed by atoms with Crippen LogP contribution in [-0.2, 0) is 16.6 Å². The van der Waals surface area contributed by atoms with E-state index in [9.17, 15) is 9.59 Å². The zero-order chi connectivity index (χ0) is 15.2. The van der Waals surface area contributed by atoms with Gasteiger partial charge in [0.1, 0.15) is 6.04 Å². The maximum atomic E-state index is 12.0. The summed E-state index contributed by atoms with van der Waals surface area (Å²) in [4.78, 5) is 25.7. The Kier molecular flexibility index (Phi) is 5.32. The van der Waals surface area contributed by atoms with Crippen LogP contribution in [0.25, 0.3) is 0 Å². The average molecular weight is 293 g/mol. The first-order valence-corrected chi connectivity index (χ1v) is 7.37. The van der Waals surface area contributed by atoms with Gasteiger partial charge in [-0.25, -0.2) is 0 Å². The summed E-state index contributed by atoms with van der Waals surface area (Å²) < 4.78 is 1.60. The lowest BCUT2D eigenvalue weighted by Gasteiger charge is -2.26. The molecule has 7 nitrogen and oxygen atoms in total. The standard InChI is InChI=1S/C14H23N5O2/c1-18-10-11(9-17-18)13(15)14(21)16-6-5-12(20)19-7-3-2-4-8-19/h9-10,13H,2-8,15H2,1H3,(H,16,21). The number of carbonyl (C=O) groups excluding carboxylic acids is 2. The highest BCUT2D eigenvalue weighted by molar-refractivity contribution is 5.83. The number of aromatic nitrogens is 2. The van der Waals surface area contributed by atoms with E-state index in [4.69, 9.17) is 5.73 Å². The second kappa shape index (κ2) is 7.21. The van der Waals surface area contributed by atoms with Crippen molar-refractivity contribution < 1.29 is 9.59 Å². The highest BCUT2D eigenvalue weighted by atomic mass is 16.2. The van der Waals surface area contributed by atoms with Gasteiger partial charge in [0.25, 0.3) is 0 Å². The molecule has 1 unspecified atom stereocenters. The Hall–Kier alpha value is -1.89. The second-order valence-electron chi connectivity index (χ2n) is 5.41. The molecule has 3 N–H and O–H groups in total. The monoisotopic (exact) mass is 293 g/mol. The number of nitrogens with one attached hydrogen (secondary N) is 1. The van der Waals surface area contributed by atoms with Crippen LogP contribution >= 0.6 is 0 Å². The number of amides is 2. The topological polar surface area (TPSA) is 93.2 Å². The van der Waals surface area contributed by atoms with Crippen molar-refractivity contribution in [1.82, 2.24) is 20.0 Å². The number of aryl methyl sites for hydroxylation is 1. The van der Waals surface area contributed by atoms with Gasteiger partial charge in [0.05, 0.1) is 6.20 Å². The minimum Gasteiger partial charge on any atom is -0.354 e. The van der Waals surface area contributed by atoms with Crippen molar-refractivity contribution in [2.75, 3.05) is 19.6 Å². The van der Waals surface area contributed by atoms with Crippen LogP contribution in [0.5, 0.6) is 0 Å². The first-order chi connectivity index (χ1) is 10.1. The van der Waals surface area contributed by atoms with Crippen molar-refractivity contribution in [2.45, 2.75) is 31.7 Å². The molecule has 1 fully saturated rings. The molecule has 116 valence electrons. The molecule has 2 rings (SSSR count). The maximum absolute atomic E-state index is 12.0. The SMILES string of the molecule is Cn1cc(C(N)C(=O)NCCC(=O)N2CCCCC2)cn1.